The molecule has 1 aromatic heterocycles. The highest BCUT2D eigenvalue weighted by Crippen LogP contribution is 2.36. The van der Waals surface area contributed by atoms with Crippen molar-refractivity contribution in [2.45, 2.75) is 19.4 Å². The van der Waals surface area contributed by atoms with Crippen molar-refractivity contribution in [1.29, 1.82) is 0 Å². The summed E-state index contributed by atoms with van der Waals surface area (Å²) in [5.74, 6) is -4.13. The number of methoxy groups -OCH3 is 1. The molecule has 0 aliphatic rings. The summed E-state index contributed by atoms with van der Waals surface area (Å²) in [6, 6.07) is 20.6. The van der Waals surface area contributed by atoms with Crippen molar-refractivity contribution >= 4 is 22.8 Å². The summed E-state index contributed by atoms with van der Waals surface area (Å²) in [5.41, 5.74) is 3.49. The van der Waals surface area contributed by atoms with E-state index in [4.69, 9.17) is 9.84 Å². The van der Waals surface area contributed by atoms with Crippen LogP contribution in [0.1, 0.15) is 35.3 Å². The molecule has 0 unspecified atom stereocenters. The van der Waals surface area contributed by atoms with E-state index in [0.29, 0.717) is 28.3 Å². The quantitative estimate of drug-likeness (QED) is 0.194. The highest BCUT2D eigenvalue weighted by molar-refractivity contribution is 5.96. The van der Waals surface area contributed by atoms with Crippen LogP contribution in [0.15, 0.2) is 78.9 Å². The molecular weight excluding hydrogens is 547 g/mol. The maximum Gasteiger partial charge on any atom is 0.305 e. The van der Waals surface area contributed by atoms with Crippen LogP contribution in [0.25, 0.3) is 33.3 Å². The number of aromatic nitrogens is 2. The second-order valence-corrected chi connectivity index (χ2v) is 9.70. The summed E-state index contributed by atoms with van der Waals surface area (Å²) in [6.07, 6.45) is -0.188. The number of nitrogens with one attached hydrogen (secondary N) is 1. The fraction of sp³-hybridized carbons (Fsp3) is 0.156. The summed E-state index contributed by atoms with van der Waals surface area (Å²) in [7, 11) is 1.58. The zero-order valence-electron chi connectivity index (χ0n) is 22.7. The van der Waals surface area contributed by atoms with Gasteiger partial charge < -0.3 is 15.2 Å². The largest absolute Gasteiger partial charge is 0.497 e. The molecule has 5 aromatic rings. The molecule has 0 fully saturated rings. The van der Waals surface area contributed by atoms with Gasteiger partial charge in [0.25, 0.3) is 5.91 Å². The highest BCUT2D eigenvalue weighted by atomic mass is 19.2. The predicted molar refractivity (Wildman–Crippen MR) is 152 cm³/mol. The van der Waals surface area contributed by atoms with Crippen molar-refractivity contribution in [1.82, 2.24) is 15.1 Å². The molecule has 1 heterocycles. The van der Waals surface area contributed by atoms with Gasteiger partial charge in [0.05, 0.1) is 25.1 Å². The number of hydrogen-bond donors (Lipinski definition) is 2. The van der Waals surface area contributed by atoms with Crippen molar-refractivity contribution in [3.8, 4) is 28.1 Å². The van der Waals surface area contributed by atoms with Crippen molar-refractivity contribution < 1.29 is 32.6 Å². The number of aliphatic carboxylic acids is 1. The molecular formula is C32H26F3N3O4. The Kier molecular flexibility index (Phi) is 7.97. The lowest BCUT2D eigenvalue weighted by molar-refractivity contribution is -0.136. The molecule has 0 saturated carbocycles. The highest BCUT2D eigenvalue weighted by Gasteiger charge is 2.22. The van der Waals surface area contributed by atoms with E-state index in [1.54, 1.807) is 42.1 Å². The van der Waals surface area contributed by atoms with Crippen molar-refractivity contribution in [3.63, 3.8) is 0 Å². The van der Waals surface area contributed by atoms with E-state index in [2.05, 4.69) is 10.4 Å². The van der Waals surface area contributed by atoms with E-state index in [1.165, 1.54) is 0 Å². The van der Waals surface area contributed by atoms with E-state index in [9.17, 15) is 22.8 Å². The molecule has 0 spiro atoms. The lowest BCUT2D eigenvalue weighted by atomic mass is 10.0. The van der Waals surface area contributed by atoms with Crippen LogP contribution < -0.4 is 10.1 Å². The fourth-order valence-corrected chi connectivity index (χ4v) is 4.74. The van der Waals surface area contributed by atoms with Gasteiger partial charge in [0.1, 0.15) is 17.3 Å². The number of carbonyl (C=O) groups excluding carboxylic acids is 1. The average Bonchev–Trinajstić information content (AvgIpc) is 3.37. The van der Waals surface area contributed by atoms with E-state index >= 15 is 0 Å². The third-order valence-corrected chi connectivity index (χ3v) is 7.04. The number of amides is 1. The molecule has 1 amide bonds. The Morgan fingerprint density at radius 2 is 1.57 bits per heavy atom. The van der Waals surface area contributed by atoms with Crippen molar-refractivity contribution in [2.24, 2.45) is 0 Å². The predicted octanol–water partition coefficient (Wildman–Crippen LogP) is 6.61. The van der Waals surface area contributed by atoms with Gasteiger partial charge in [-0.3, -0.25) is 14.3 Å². The van der Waals surface area contributed by atoms with Gasteiger partial charge in [-0.05, 0) is 66.1 Å². The maximum atomic E-state index is 14.9. The number of carbonyl (C=O) groups is 2. The Morgan fingerprint density at radius 3 is 2.24 bits per heavy atom. The standard InChI is InChI=1S/C32H26F3N3O4/c1-18(19-3-5-21(6-4-19)32(41)36-14-13-30(39)40)38-29-15-22(20-7-10-23(42-2)11-8-20)9-12-24(29)31(37-38)25-16-27(34)28(35)17-26(25)33/h3-12,15-18H,13-14H2,1-2H3,(H,36,41)(H,39,40)/t18-/m0/s1. The van der Waals surface area contributed by atoms with Crippen molar-refractivity contribution in [2.75, 3.05) is 13.7 Å². The lowest BCUT2D eigenvalue weighted by Crippen LogP contribution is -2.26. The summed E-state index contributed by atoms with van der Waals surface area (Å²) in [4.78, 5) is 23.1. The minimum Gasteiger partial charge on any atom is -0.497 e. The van der Waals surface area contributed by atoms with Crippen LogP contribution in [0.3, 0.4) is 0 Å². The second kappa shape index (κ2) is 11.8. The van der Waals surface area contributed by atoms with Crippen LogP contribution in [0.4, 0.5) is 13.2 Å². The number of carboxylic acid groups (broad SMARTS) is 1. The smallest absolute Gasteiger partial charge is 0.305 e. The number of carboxylic acids is 1. The third kappa shape index (κ3) is 5.69. The number of benzene rings is 4. The van der Waals surface area contributed by atoms with Gasteiger partial charge in [-0.25, -0.2) is 13.2 Å². The maximum absolute atomic E-state index is 14.9. The van der Waals surface area contributed by atoms with Crippen LogP contribution in [-0.2, 0) is 4.79 Å². The SMILES string of the molecule is COc1ccc(-c2ccc3c(-c4cc(F)c(F)cc4F)nn([C@@H](C)c4ccc(C(=O)NCCC(=O)O)cc4)c3c2)cc1. The van der Waals surface area contributed by atoms with E-state index < -0.39 is 35.4 Å². The van der Waals surface area contributed by atoms with E-state index in [-0.39, 0.29) is 24.2 Å². The van der Waals surface area contributed by atoms with Gasteiger partial charge in [-0.1, -0.05) is 30.3 Å². The minimum atomic E-state index is -1.29. The van der Waals surface area contributed by atoms with Gasteiger partial charge in [-0.2, -0.15) is 5.10 Å². The average molecular weight is 574 g/mol. The van der Waals surface area contributed by atoms with E-state index in [1.807, 2.05) is 43.3 Å². The summed E-state index contributed by atoms with van der Waals surface area (Å²) in [6.45, 7) is 1.88. The number of rotatable bonds is 9. The Labute approximate surface area is 239 Å². The molecule has 0 saturated heterocycles. The van der Waals surface area contributed by atoms with Crippen LogP contribution >= 0.6 is 0 Å². The number of halogens is 3. The van der Waals surface area contributed by atoms with Crippen LogP contribution in [0.2, 0.25) is 0 Å². The first kappa shape index (κ1) is 28.4. The van der Waals surface area contributed by atoms with Gasteiger partial charge in [0.15, 0.2) is 11.6 Å². The summed E-state index contributed by atoms with van der Waals surface area (Å²) >= 11 is 0. The van der Waals surface area contributed by atoms with Gasteiger partial charge in [-0.15, -0.1) is 0 Å². The molecule has 10 heteroatoms. The number of hydrogen-bond acceptors (Lipinski definition) is 4. The van der Waals surface area contributed by atoms with Crippen LogP contribution in [-0.4, -0.2) is 40.4 Å². The second-order valence-electron chi connectivity index (χ2n) is 9.70. The first-order valence-electron chi connectivity index (χ1n) is 13.1. The molecule has 2 N–H and O–H groups in total. The normalized spacial score (nSPS) is 11.8. The van der Waals surface area contributed by atoms with Gasteiger partial charge in [0.2, 0.25) is 0 Å². The third-order valence-electron chi connectivity index (χ3n) is 7.04. The first-order valence-corrected chi connectivity index (χ1v) is 13.1. The number of ether oxygens (including phenoxy) is 1. The Balaban J connectivity index is 1.57. The molecule has 5 rings (SSSR count). The number of nitrogens with zero attached hydrogens (tertiary/aromatic N) is 2. The van der Waals surface area contributed by atoms with Crippen molar-refractivity contribution in [3.05, 3.63) is 107 Å². The summed E-state index contributed by atoms with van der Waals surface area (Å²) < 4.78 is 49.8. The molecule has 1 atom stereocenters. The molecule has 7 nitrogen and oxygen atoms in total. The topological polar surface area (TPSA) is 93.5 Å². The van der Waals surface area contributed by atoms with Crippen LogP contribution in [0.5, 0.6) is 5.75 Å². The number of fused-ring (bicyclic) bond motifs is 1. The zero-order valence-corrected chi connectivity index (χ0v) is 22.7. The first-order chi connectivity index (χ1) is 20.2. The van der Waals surface area contributed by atoms with Gasteiger partial charge >= 0.3 is 5.97 Å². The molecule has 42 heavy (non-hydrogen) atoms. The Hall–Kier alpha value is -5.12. The molecule has 0 radical (unpaired) electrons. The zero-order chi connectivity index (χ0) is 30.0. The molecule has 214 valence electrons. The molecule has 0 bridgehead atoms. The summed E-state index contributed by atoms with van der Waals surface area (Å²) in [5, 5.41) is 16.6. The molecule has 0 aliphatic heterocycles. The van der Waals surface area contributed by atoms with Gasteiger partial charge in [0, 0.05) is 29.1 Å². The van der Waals surface area contributed by atoms with Crippen LogP contribution in [0, 0.1) is 17.5 Å². The minimum absolute atomic E-state index is 0.00540. The lowest BCUT2D eigenvalue weighted by Gasteiger charge is -2.15. The Bertz CT molecular complexity index is 1780. The molecule has 0 aliphatic carbocycles. The Morgan fingerprint density at radius 1 is 0.905 bits per heavy atom. The fourth-order valence-electron chi connectivity index (χ4n) is 4.74. The van der Waals surface area contributed by atoms with E-state index in [0.717, 1.165) is 22.8 Å². The molecule has 4 aromatic carbocycles. The monoisotopic (exact) mass is 573 g/mol.